The van der Waals surface area contributed by atoms with Crippen LogP contribution in [0.3, 0.4) is 0 Å². The highest BCUT2D eigenvalue weighted by Crippen LogP contribution is 2.23. The molecule has 192 valence electrons. The molecule has 0 aliphatic carbocycles. The molecule has 3 aromatic rings. The van der Waals surface area contributed by atoms with Gasteiger partial charge >= 0.3 is 5.97 Å². The van der Waals surface area contributed by atoms with Gasteiger partial charge in [0.15, 0.2) is 5.69 Å². The van der Waals surface area contributed by atoms with E-state index in [9.17, 15) is 18.8 Å². The summed E-state index contributed by atoms with van der Waals surface area (Å²) in [6, 6.07) is 10.2. The molecule has 0 spiro atoms. The van der Waals surface area contributed by atoms with E-state index in [1.54, 1.807) is 31.2 Å². The molecule has 2 aromatic carbocycles. The van der Waals surface area contributed by atoms with Gasteiger partial charge < -0.3 is 20.5 Å². The average molecular weight is 499 g/mol. The van der Waals surface area contributed by atoms with E-state index in [2.05, 4.69) is 15.7 Å². The van der Waals surface area contributed by atoms with Crippen LogP contribution in [0.1, 0.15) is 54.1 Å². The normalized spacial score (nSPS) is 12.3. The number of para-hydroxylation sites is 1. The highest BCUT2D eigenvalue weighted by Gasteiger charge is 2.34. The summed E-state index contributed by atoms with van der Waals surface area (Å²) in [5, 5.41) is 19.4. The lowest BCUT2D eigenvalue weighted by molar-refractivity contribution is -0.125. The number of aromatic nitrogens is 2. The lowest BCUT2D eigenvalue weighted by atomic mass is 9.86. The molecule has 3 N–H and O–H groups in total. The van der Waals surface area contributed by atoms with Crippen molar-refractivity contribution in [3.05, 3.63) is 65.1 Å². The van der Waals surface area contributed by atoms with Crippen molar-refractivity contribution in [2.45, 2.75) is 40.3 Å². The van der Waals surface area contributed by atoms with Crippen LogP contribution in [0.2, 0.25) is 0 Å². The van der Waals surface area contributed by atoms with Gasteiger partial charge in [-0.25, -0.2) is 9.18 Å². The van der Waals surface area contributed by atoms with Crippen LogP contribution in [0, 0.1) is 11.2 Å². The molecule has 0 unspecified atom stereocenters. The van der Waals surface area contributed by atoms with E-state index >= 15 is 0 Å². The number of carbonyl (C=O) groups is 3. The Hall–Kier alpha value is -3.79. The monoisotopic (exact) mass is 498 g/mol. The molecule has 0 saturated carbocycles. The molecule has 0 radical (unpaired) electrons. The third-order valence-electron chi connectivity index (χ3n) is 5.57. The molecule has 0 aliphatic heterocycles. The fraction of sp³-hybridized carbons (Fsp3) is 0.385. The highest BCUT2D eigenvalue weighted by molar-refractivity contribution is 6.06. The number of carbonyl (C=O) groups excluding carboxylic acids is 3. The zero-order chi connectivity index (χ0) is 26.5. The van der Waals surface area contributed by atoms with Gasteiger partial charge in [0.1, 0.15) is 11.9 Å². The molecule has 9 nitrogen and oxygen atoms in total. The zero-order valence-corrected chi connectivity index (χ0v) is 20.8. The summed E-state index contributed by atoms with van der Waals surface area (Å²) in [6.45, 7) is 7.17. The van der Waals surface area contributed by atoms with Gasteiger partial charge in [-0.05, 0) is 30.5 Å². The highest BCUT2D eigenvalue weighted by atomic mass is 19.1. The fourth-order valence-corrected chi connectivity index (χ4v) is 3.75. The van der Waals surface area contributed by atoms with Crippen molar-refractivity contribution in [1.82, 2.24) is 20.4 Å². The van der Waals surface area contributed by atoms with Crippen LogP contribution in [0.5, 0.6) is 0 Å². The summed E-state index contributed by atoms with van der Waals surface area (Å²) in [4.78, 5) is 37.8. The summed E-state index contributed by atoms with van der Waals surface area (Å²) in [6.07, 6.45) is 0. The molecular weight excluding hydrogens is 467 g/mol. The summed E-state index contributed by atoms with van der Waals surface area (Å²) in [5.41, 5.74) is 0.472. The maximum atomic E-state index is 14.8. The van der Waals surface area contributed by atoms with Gasteiger partial charge in [0.05, 0.1) is 30.8 Å². The predicted octanol–water partition coefficient (Wildman–Crippen LogP) is 2.65. The largest absolute Gasteiger partial charge is 0.462 e. The van der Waals surface area contributed by atoms with Crippen LogP contribution in [-0.2, 0) is 16.1 Å². The molecule has 1 aromatic heterocycles. The number of hydrogen-bond donors (Lipinski definition) is 3. The van der Waals surface area contributed by atoms with Crippen LogP contribution in [0.4, 0.5) is 4.39 Å². The molecule has 0 fully saturated rings. The maximum absolute atomic E-state index is 14.8. The Labute approximate surface area is 208 Å². The van der Waals surface area contributed by atoms with Crippen molar-refractivity contribution < 1.29 is 28.6 Å². The number of fused-ring (bicyclic) bond motifs is 1. The summed E-state index contributed by atoms with van der Waals surface area (Å²) < 4.78 is 21.2. The van der Waals surface area contributed by atoms with E-state index in [1.807, 2.05) is 20.8 Å². The number of amides is 2. The average Bonchev–Trinajstić information content (AvgIpc) is 3.20. The molecule has 1 atom stereocenters. The van der Waals surface area contributed by atoms with E-state index in [-0.39, 0.29) is 43.1 Å². The molecule has 0 aliphatic rings. The maximum Gasteiger partial charge on any atom is 0.338 e. The Balaban J connectivity index is 1.91. The van der Waals surface area contributed by atoms with E-state index in [0.29, 0.717) is 10.9 Å². The minimum Gasteiger partial charge on any atom is -0.462 e. The molecule has 0 saturated heterocycles. The number of aliphatic hydroxyl groups is 1. The Morgan fingerprint density at radius 1 is 1.17 bits per heavy atom. The van der Waals surface area contributed by atoms with Crippen molar-refractivity contribution >= 4 is 28.7 Å². The van der Waals surface area contributed by atoms with Crippen LogP contribution in [0.15, 0.2) is 42.5 Å². The van der Waals surface area contributed by atoms with Crippen LogP contribution in [0.25, 0.3) is 10.9 Å². The lowest BCUT2D eigenvalue weighted by Gasteiger charge is -2.30. The third kappa shape index (κ3) is 6.06. The number of nitrogens with zero attached hydrogens (tertiary/aromatic N) is 2. The van der Waals surface area contributed by atoms with Crippen molar-refractivity contribution in [3.63, 3.8) is 0 Å². The van der Waals surface area contributed by atoms with E-state index < -0.39 is 35.1 Å². The number of benzene rings is 2. The van der Waals surface area contributed by atoms with Crippen molar-refractivity contribution in [2.24, 2.45) is 5.41 Å². The van der Waals surface area contributed by atoms with Crippen LogP contribution >= 0.6 is 0 Å². The number of rotatable bonds is 9. The van der Waals surface area contributed by atoms with Crippen molar-refractivity contribution in [1.29, 1.82) is 0 Å². The first-order valence-corrected chi connectivity index (χ1v) is 11.7. The fourth-order valence-electron chi connectivity index (χ4n) is 3.75. The standard InChI is InChI=1S/C26H31FN4O5/c1-5-36-25(35)16-10-11-17(19(27)14-16)15-31-20-9-7-6-8-18(20)21(30-31)23(33)29-22(26(2,3)4)24(34)28-12-13-32/h6-11,14,22,32H,5,12-13,15H2,1-4H3,(H,28,34)(H,29,33)/t22-/m1/s1. The number of aliphatic hydroxyl groups excluding tert-OH is 1. The Morgan fingerprint density at radius 2 is 1.89 bits per heavy atom. The Bertz CT molecular complexity index is 1260. The van der Waals surface area contributed by atoms with Gasteiger partial charge in [0.2, 0.25) is 5.91 Å². The lowest BCUT2D eigenvalue weighted by Crippen LogP contribution is -2.54. The van der Waals surface area contributed by atoms with Gasteiger partial charge in [-0.15, -0.1) is 0 Å². The smallest absolute Gasteiger partial charge is 0.338 e. The zero-order valence-electron chi connectivity index (χ0n) is 20.8. The first-order valence-electron chi connectivity index (χ1n) is 11.7. The van der Waals surface area contributed by atoms with Gasteiger partial charge in [0, 0.05) is 17.5 Å². The second-order valence-corrected chi connectivity index (χ2v) is 9.34. The molecule has 10 heteroatoms. The second-order valence-electron chi connectivity index (χ2n) is 9.34. The minimum atomic E-state index is -0.881. The van der Waals surface area contributed by atoms with Gasteiger partial charge in [-0.3, -0.25) is 14.3 Å². The second kappa shape index (κ2) is 11.3. The number of hydrogen-bond acceptors (Lipinski definition) is 6. The summed E-state index contributed by atoms with van der Waals surface area (Å²) in [7, 11) is 0. The van der Waals surface area contributed by atoms with Crippen LogP contribution in [-0.4, -0.2) is 58.5 Å². The van der Waals surface area contributed by atoms with Gasteiger partial charge in [-0.2, -0.15) is 5.10 Å². The summed E-state index contributed by atoms with van der Waals surface area (Å²) in [5.74, 6) is -2.18. The molecule has 36 heavy (non-hydrogen) atoms. The summed E-state index contributed by atoms with van der Waals surface area (Å²) >= 11 is 0. The molecule has 3 rings (SSSR count). The quantitative estimate of drug-likeness (QED) is 0.390. The minimum absolute atomic E-state index is 0.0163. The van der Waals surface area contributed by atoms with Crippen molar-refractivity contribution in [3.8, 4) is 0 Å². The van der Waals surface area contributed by atoms with Gasteiger partial charge in [0.25, 0.3) is 5.91 Å². The number of nitrogens with one attached hydrogen (secondary N) is 2. The number of halogens is 1. The molecular formula is C26H31FN4O5. The number of esters is 1. The first kappa shape index (κ1) is 26.8. The van der Waals surface area contributed by atoms with Crippen LogP contribution < -0.4 is 10.6 Å². The molecule has 1 heterocycles. The topological polar surface area (TPSA) is 123 Å². The molecule has 2 amide bonds. The Morgan fingerprint density at radius 3 is 2.53 bits per heavy atom. The third-order valence-corrected chi connectivity index (χ3v) is 5.57. The predicted molar refractivity (Wildman–Crippen MR) is 132 cm³/mol. The molecule has 0 bridgehead atoms. The SMILES string of the molecule is CCOC(=O)c1ccc(Cn2nc(C(=O)N[C@H](C(=O)NCCO)C(C)(C)C)c3ccccc32)c(F)c1. The van der Waals surface area contributed by atoms with E-state index in [4.69, 9.17) is 9.84 Å². The first-order chi connectivity index (χ1) is 17.1. The number of ether oxygens (including phenoxy) is 1. The van der Waals surface area contributed by atoms with Gasteiger partial charge in [-0.1, -0.05) is 45.0 Å². The van der Waals surface area contributed by atoms with Crippen molar-refractivity contribution in [2.75, 3.05) is 19.8 Å². The van der Waals surface area contributed by atoms with E-state index in [1.165, 1.54) is 16.8 Å². The Kier molecular flexibility index (Phi) is 8.41. The van der Waals surface area contributed by atoms with E-state index in [0.717, 1.165) is 6.07 Å².